The van der Waals surface area contributed by atoms with E-state index >= 15 is 0 Å². The van der Waals surface area contributed by atoms with Gasteiger partial charge in [-0.05, 0) is 31.2 Å². The first-order chi connectivity index (χ1) is 10.0. The van der Waals surface area contributed by atoms with Gasteiger partial charge < -0.3 is 14.8 Å². The maximum absolute atomic E-state index is 13.7. The Morgan fingerprint density at radius 2 is 1.86 bits per heavy atom. The van der Waals surface area contributed by atoms with Crippen molar-refractivity contribution in [1.82, 2.24) is 0 Å². The Bertz CT molecular complexity index is 671. The van der Waals surface area contributed by atoms with E-state index in [1.54, 1.807) is 31.2 Å². The van der Waals surface area contributed by atoms with Gasteiger partial charge in [-0.3, -0.25) is 4.79 Å². The first kappa shape index (κ1) is 14.8. The average Bonchev–Trinajstić information content (AvgIpc) is 2.49. The topological polar surface area (TPSA) is 47.6 Å². The molecule has 4 nitrogen and oxygen atoms in total. The number of anilines is 1. The molecule has 0 aliphatic carbocycles. The van der Waals surface area contributed by atoms with Crippen LogP contribution in [-0.4, -0.2) is 20.1 Å². The lowest BCUT2D eigenvalue weighted by Gasteiger charge is -2.12. The van der Waals surface area contributed by atoms with E-state index in [4.69, 9.17) is 9.47 Å². The molecule has 2 aromatic rings. The summed E-state index contributed by atoms with van der Waals surface area (Å²) >= 11 is 0. The zero-order chi connectivity index (χ0) is 15.4. The van der Waals surface area contributed by atoms with Crippen molar-refractivity contribution in [1.29, 1.82) is 0 Å². The van der Waals surface area contributed by atoms with Gasteiger partial charge in [0.25, 0.3) is 5.91 Å². The SMILES string of the molecule is COc1ccc(NC(=O)c2cc(C)ccc2F)c(OC)c1. The molecule has 0 aliphatic heterocycles. The third-order valence-electron chi connectivity index (χ3n) is 3.02. The number of carbonyl (C=O) groups is 1. The Kier molecular flexibility index (Phi) is 4.42. The van der Waals surface area contributed by atoms with Crippen LogP contribution in [0, 0.1) is 12.7 Å². The highest BCUT2D eigenvalue weighted by atomic mass is 19.1. The second kappa shape index (κ2) is 6.26. The van der Waals surface area contributed by atoms with E-state index in [2.05, 4.69) is 5.32 Å². The molecule has 0 fully saturated rings. The standard InChI is InChI=1S/C16H16FNO3/c1-10-4-6-13(17)12(8-10)16(19)18-14-7-5-11(20-2)9-15(14)21-3/h4-9H,1-3H3,(H,18,19). The molecule has 0 aliphatic rings. The molecule has 0 bridgehead atoms. The molecule has 0 spiro atoms. The van der Waals surface area contributed by atoms with Crippen LogP contribution < -0.4 is 14.8 Å². The number of carbonyl (C=O) groups excluding carboxylic acids is 1. The first-order valence-electron chi connectivity index (χ1n) is 6.34. The van der Waals surface area contributed by atoms with Gasteiger partial charge in [0.15, 0.2) is 0 Å². The summed E-state index contributed by atoms with van der Waals surface area (Å²) in [4.78, 5) is 12.2. The van der Waals surface area contributed by atoms with Crippen molar-refractivity contribution in [2.45, 2.75) is 6.92 Å². The first-order valence-corrected chi connectivity index (χ1v) is 6.34. The van der Waals surface area contributed by atoms with Gasteiger partial charge in [0.2, 0.25) is 0 Å². The Labute approximate surface area is 122 Å². The van der Waals surface area contributed by atoms with Crippen molar-refractivity contribution in [3.8, 4) is 11.5 Å². The third-order valence-corrected chi connectivity index (χ3v) is 3.02. The fourth-order valence-electron chi connectivity index (χ4n) is 1.90. The molecule has 0 unspecified atom stereocenters. The normalized spacial score (nSPS) is 10.1. The molecule has 110 valence electrons. The number of methoxy groups -OCH3 is 2. The molecule has 0 aromatic heterocycles. The van der Waals surface area contributed by atoms with E-state index < -0.39 is 11.7 Å². The predicted molar refractivity (Wildman–Crippen MR) is 78.6 cm³/mol. The van der Waals surface area contributed by atoms with Crippen LogP contribution in [0.1, 0.15) is 15.9 Å². The molecule has 0 heterocycles. The highest BCUT2D eigenvalue weighted by Gasteiger charge is 2.14. The second-order valence-corrected chi connectivity index (χ2v) is 4.50. The van der Waals surface area contributed by atoms with Crippen LogP contribution in [0.3, 0.4) is 0 Å². The van der Waals surface area contributed by atoms with Gasteiger partial charge >= 0.3 is 0 Å². The van der Waals surface area contributed by atoms with Crippen molar-refractivity contribution in [2.24, 2.45) is 0 Å². The molecule has 0 atom stereocenters. The Hall–Kier alpha value is -2.56. The number of amides is 1. The molecule has 1 N–H and O–H groups in total. The Morgan fingerprint density at radius 1 is 1.10 bits per heavy atom. The summed E-state index contributed by atoms with van der Waals surface area (Å²) in [7, 11) is 3.02. The molecule has 0 saturated heterocycles. The maximum atomic E-state index is 13.7. The predicted octanol–water partition coefficient (Wildman–Crippen LogP) is 3.40. The molecule has 1 amide bonds. The van der Waals surface area contributed by atoms with Gasteiger partial charge in [0, 0.05) is 6.07 Å². The number of benzene rings is 2. The van der Waals surface area contributed by atoms with Crippen molar-refractivity contribution in [3.05, 3.63) is 53.3 Å². The zero-order valence-corrected chi connectivity index (χ0v) is 12.1. The molecule has 21 heavy (non-hydrogen) atoms. The number of rotatable bonds is 4. The van der Waals surface area contributed by atoms with Crippen LogP contribution >= 0.6 is 0 Å². The molecular formula is C16H16FNO3. The van der Waals surface area contributed by atoms with E-state index in [1.165, 1.54) is 26.4 Å². The van der Waals surface area contributed by atoms with E-state index in [0.29, 0.717) is 17.2 Å². The molecule has 0 saturated carbocycles. The quantitative estimate of drug-likeness (QED) is 0.938. The monoisotopic (exact) mass is 289 g/mol. The van der Waals surface area contributed by atoms with E-state index in [9.17, 15) is 9.18 Å². The van der Waals surface area contributed by atoms with Crippen molar-refractivity contribution in [3.63, 3.8) is 0 Å². The number of nitrogens with one attached hydrogen (secondary N) is 1. The lowest BCUT2D eigenvalue weighted by atomic mass is 10.1. The summed E-state index contributed by atoms with van der Waals surface area (Å²) in [5.74, 6) is -0.0485. The van der Waals surface area contributed by atoms with Crippen molar-refractivity contribution < 1.29 is 18.7 Å². The number of halogens is 1. The van der Waals surface area contributed by atoms with Gasteiger partial charge in [-0.25, -0.2) is 4.39 Å². The van der Waals surface area contributed by atoms with Crippen molar-refractivity contribution in [2.75, 3.05) is 19.5 Å². The molecule has 2 aromatic carbocycles. The minimum absolute atomic E-state index is 0.00660. The van der Waals surface area contributed by atoms with Gasteiger partial charge in [0.1, 0.15) is 17.3 Å². The van der Waals surface area contributed by atoms with E-state index in [0.717, 1.165) is 5.56 Å². The van der Waals surface area contributed by atoms with Gasteiger partial charge in [-0.15, -0.1) is 0 Å². The smallest absolute Gasteiger partial charge is 0.258 e. The highest BCUT2D eigenvalue weighted by molar-refractivity contribution is 6.05. The lowest BCUT2D eigenvalue weighted by Crippen LogP contribution is -2.14. The number of aryl methyl sites for hydroxylation is 1. The summed E-state index contributed by atoms with van der Waals surface area (Å²) in [6.45, 7) is 1.80. The fourth-order valence-corrected chi connectivity index (χ4v) is 1.90. The van der Waals surface area contributed by atoms with Crippen molar-refractivity contribution >= 4 is 11.6 Å². The van der Waals surface area contributed by atoms with Crippen LogP contribution in [0.2, 0.25) is 0 Å². The largest absolute Gasteiger partial charge is 0.497 e. The van der Waals surface area contributed by atoms with Crippen LogP contribution in [0.5, 0.6) is 11.5 Å². The van der Waals surface area contributed by atoms with Crippen LogP contribution in [0.25, 0.3) is 0 Å². The molecule has 5 heteroatoms. The lowest BCUT2D eigenvalue weighted by molar-refractivity contribution is 0.102. The maximum Gasteiger partial charge on any atom is 0.258 e. The average molecular weight is 289 g/mol. The zero-order valence-electron chi connectivity index (χ0n) is 12.1. The molecule has 2 rings (SSSR count). The fraction of sp³-hybridized carbons (Fsp3) is 0.188. The van der Waals surface area contributed by atoms with E-state index in [-0.39, 0.29) is 5.56 Å². The second-order valence-electron chi connectivity index (χ2n) is 4.50. The Morgan fingerprint density at radius 3 is 2.52 bits per heavy atom. The van der Waals surface area contributed by atoms with Gasteiger partial charge in [-0.2, -0.15) is 0 Å². The number of ether oxygens (including phenoxy) is 2. The minimum Gasteiger partial charge on any atom is -0.497 e. The van der Waals surface area contributed by atoms with Gasteiger partial charge in [0.05, 0.1) is 25.5 Å². The van der Waals surface area contributed by atoms with Crippen LogP contribution in [0.15, 0.2) is 36.4 Å². The van der Waals surface area contributed by atoms with Crippen LogP contribution in [0.4, 0.5) is 10.1 Å². The minimum atomic E-state index is -0.564. The Balaban J connectivity index is 2.29. The number of hydrogen-bond acceptors (Lipinski definition) is 3. The van der Waals surface area contributed by atoms with Gasteiger partial charge in [-0.1, -0.05) is 11.6 Å². The molecule has 0 radical (unpaired) electrons. The third kappa shape index (κ3) is 3.31. The summed E-state index contributed by atoms with van der Waals surface area (Å²) in [6, 6.07) is 9.35. The van der Waals surface area contributed by atoms with E-state index in [1.807, 2.05) is 0 Å². The summed E-state index contributed by atoms with van der Waals surface area (Å²) in [6.07, 6.45) is 0. The number of hydrogen-bond donors (Lipinski definition) is 1. The van der Waals surface area contributed by atoms with Crippen LogP contribution in [-0.2, 0) is 0 Å². The summed E-state index contributed by atoms with van der Waals surface area (Å²) < 4.78 is 24.0. The molecular weight excluding hydrogens is 273 g/mol. The summed E-state index contributed by atoms with van der Waals surface area (Å²) in [5.41, 5.74) is 1.25. The summed E-state index contributed by atoms with van der Waals surface area (Å²) in [5, 5.41) is 2.64. The highest BCUT2D eigenvalue weighted by Crippen LogP contribution is 2.29.